The predicted octanol–water partition coefficient (Wildman–Crippen LogP) is 5.07. The molecule has 0 saturated heterocycles. The van der Waals surface area contributed by atoms with Gasteiger partial charge in [0.2, 0.25) is 0 Å². The van der Waals surface area contributed by atoms with Gasteiger partial charge in [0.15, 0.2) is 0 Å². The van der Waals surface area contributed by atoms with Crippen molar-refractivity contribution in [2.24, 2.45) is 11.8 Å². The second kappa shape index (κ2) is 6.48. The maximum atomic E-state index is 5.62. The van der Waals surface area contributed by atoms with E-state index in [-0.39, 0.29) is 5.41 Å². The first-order valence-electron chi connectivity index (χ1n) is 8.20. The van der Waals surface area contributed by atoms with Crippen molar-refractivity contribution in [3.05, 3.63) is 35.4 Å². The summed E-state index contributed by atoms with van der Waals surface area (Å²) in [6.07, 6.45) is 3.91. The lowest BCUT2D eigenvalue weighted by Crippen LogP contribution is -2.43. The lowest BCUT2D eigenvalue weighted by atomic mass is 9.78. The van der Waals surface area contributed by atoms with Gasteiger partial charge in [-0.2, -0.15) is 0 Å². The molecule has 1 N–H and O–H groups in total. The Bertz CT molecular complexity index is 483. The van der Waals surface area contributed by atoms with Crippen LogP contribution in [0, 0.1) is 11.8 Å². The van der Waals surface area contributed by atoms with Crippen LogP contribution in [0.3, 0.4) is 0 Å². The highest BCUT2D eigenvalue weighted by molar-refractivity contribution is 7.80. The molecule has 1 nitrogen and oxygen atoms in total. The third-order valence-corrected chi connectivity index (χ3v) is 5.39. The van der Waals surface area contributed by atoms with Gasteiger partial charge in [0.05, 0.1) is 0 Å². The number of nitrogens with one attached hydrogen (secondary N) is 1. The minimum Gasteiger partial charge on any atom is -0.373 e. The molecule has 1 aliphatic rings. The molecule has 0 spiro atoms. The molecule has 1 aliphatic carbocycles. The summed E-state index contributed by atoms with van der Waals surface area (Å²) in [5.41, 5.74) is 2.69. The van der Waals surface area contributed by atoms with Crippen molar-refractivity contribution in [2.45, 2.75) is 65.3 Å². The molecule has 1 aromatic carbocycles. The first-order chi connectivity index (χ1) is 9.79. The van der Waals surface area contributed by atoms with E-state index in [1.165, 1.54) is 24.8 Å². The van der Waals surface area contributed by atoms with Crippen LogP contribution < -0.4 is 5.32 Å². The molecular formula is C19H29NS. The zero-order valence-corrected chi connectivity index (χ0v) is 14.9. The van der Waals surface area contributed by atoms with E-state index in [9.17, 15) is 0 Å². The van der Waals surface area contributed by atoms with Gasteiger partial charge >= 0.3 is 0 Å². The highest BCUT2D eigenvalue weighted by Gasteiger charge is 2.27. The quantitative estimate of drug-likeness (QED) is 0.765. The van der Waals surface area contributed by atoms with Crippen LogP contribution in [-0.2, 0) is 5.41 Å². The Balaban J connectivity index is 2.03. The number of benzene rings is 1. The molecule has 0 amide bonds. The minimum atomic E-state index is 0.195. The van der Waals surface area contributed by atoms with Crippen LogP contribution in [0.2, 0.25) is 0 Å². The fourth-order valence-electron chi connectivity index (χ4n) is 3.16. The molecule has 0 heterocycles. The molecule has 0 bridgehead atoms. The largest absolute Gasteiger partial charge is 0.373 e. The van der Waals surface area contributed by atoms with Crippen LogP contribution in [0.5, 0.6) is 0 Å². The van der Waals surface area contributed by atoms with E-state index < -0.39 is 0 Å². The molecule has 21 heavy (non-hydrogen) atoms. The van der Waals surface area contributed by atoms with Crippen LogP contribution in [0.1, 0.15) is 65.0 Å². The van der Waals surface area contributed by atoms with Gasteiger partial charge in [0.1, 0.15) is 4.99 Å². The van der Waals surface area contributed by atoms with Gasteiger partial charge in [-0.25, -0.2) is 0 Å². The van der Waals surface area contributed by atoms with Crippen LogP contribution in [-0.4, -0.2) is 11.0 Å². The maximum Gasteiger partial charge on any atom is 0.106 e. The van der Waals surface area contributed by atoms with Gasteiger partial charge in [0.25, 0.3) is 0 Å². The van der Waals surface area contributed by atoms with Gasteiger partial charge in [-0.15, -0.1) is 0 Å². The Morgan fingerprint density at radius 2 is 1.71 bits per heavy atom. The van der Waals surface area contributed by atoms with Crippen LogP contribution in [0.25, 0.3) is 0 Å². The highest BCUT2D eigenvalue weighted by atomic mass is 32.1. The summed E-state index contributed by atoms with van der Waals surface area (Å²) >= 11 is 5.62. The molecule has 0 unspecified atom stereocenters. The summed E-state index contributed by atoms with van der Waals surface area (Å²) in [6, 6.07) is 9.26. The Kier molecular flexibility index (Phi) is 5.08. The van der Waals surface area contributed by atoms with Crippen molar-refractivity contribution >= 4 is 17.2 Å². The first kappa shape index (κ1) is 16.5. The van der Waals surface area contributed by atoms with Crippen LogP contribution in [0.15, 0.2) is 24.3 Å². The van der Waals surface area contributed by atoms with E-state index in [4.69, 9.17) is 12.2 Å². The second-order valence-electron chi connectivity index (χ2n) is 7.67. The molecule has 2 heteroatoms. The Labute approximate surface area is 135 Å². The standard InChI is InChI=1S/C19H29NS/c1-13-7-6-8-17(14(13)2)20-18(21)15-9-11-16(12-10-15)19(3,4)5/h9-14,17H,6-8H2,1-5H3,(H,20,21)/t13-,14-,17-/m1/s1. The maximum absolute atomic E-state index is 5.62. The highest BCUT2D eigenvalue weighted by Crippen LogP contribution is 2.30. The van der Waals surface area contributed by atoms with E-state index >= 15 is 0 Å². The number of thiocarbonyl (C=S) groups is 1. The molecule has 1 saturated carbocycles. The summed E-state index contributed by atoms with van der Waals surface area (Å²) in [4.78, 5) is 0.904. The Morgan fingerprint density at radius 3 is 2.29 bits per heavy atom. The third-order valence-electron chi connectivity index (χ3n) is 5.04. The summed E-state index contributed by atoms with van der Waals surface area (Å²) in [7, 11) is 0. The lowest BCUT2D eigenvalue weighted by Gasteiger charge is -2.35. The first-order valence-corrected chi connectivity index (χ1v) is 8.61. The van der Waals surface area contributed by atoms with E-state index in [0.717, 1.165) is 16.5 Å². The number of hydrogen-bond acceptors (Lipinski definition) is 1. The van der Waals surface area contributed by atoms with Crippen molar-refractivity contribution in [1.29, 1.82) is 0 Å². The molecular weight excluding hydrogens is 274 g/mol. The smallest absolute Gasteiger partial charge is 0.106 e. The number of rotatable bonds is 2. The molecule has 0 radical (unpaired) electrons. The summed E-state index contributed by atoms with van der Waals surface area (Å²) in [5.74, 6) is 1.49. The Hall–Kier alpha value is -0.890. The van der Waals surface area contributed by atoms with E-state index in [1.807, 2.05) is 0 Å². The molecule has 1 fully saturated rings. The van der Waals surface area contributed by atoms with Crippen molar-refractivity contribution in [1.82, 2.24) is 5.32 Å². The molecule has 1 aromatic rings. The lowest BCUT2D eigenvalue weighted by molar-refractivity contribution is 0.225. The van der Waals surface area contributed by atoms with Gasteiger partial charge in [-0.05, 0) is 29.2 Å². The van der Waals surface area contributed by atoms with E-state index in [1.54, 1.807) is 0 Å². The zero-order valence-electron chi connectivity index (χ0n) is 14.1. The molecule has 0 aromatic heterocycles. The third kappa shape index (κ3) is 4.06. The zero-order chi connectivity index (χ0) is 15.6. The summed E-state index contributed by atoms with van der Waals surface area (Å²) < 4.78 is 0. The molecule has 0 aliphatic heterocycles. The van der Waals surface area contributed by atoms with Gasteiger partial charge in [-0.3, -0.25) is 0 Å². The predicted molar refractivity (Wildman–Crippen MR) is 95.9 cm³/mol. The summed E-state index contributed by atoms with van der Waals surface area (Å²) in [6.45, 7) is 11.4. The monoisotopic (exact) mass is 303 g/mol. The van der Waals surface area contributed by atoms with Crippen molar-refractivity contribution in [3.8, 4) is 0 Å². The van der Waals surface area contributed by atoms with E-state index in [0.29, 0.717) is 12.0 Å². The average molecular weight is 304 g/mol. The number of hydrogen-bond donors (Lipinski definition) is 1. The fourth-order valence-corrected chi connectivity index (χ4v) is 3.45. The van der Waals surface area contributed by atoms with Gasteiger partial charge in [0, 0.05) is 11.6 Å². The fraction of sp³-hybridized carbons (Fsp3) is 0.632. The van der Waals surface area contributed by atoms with Crippen molar-refractivity contribution < 1.29 is 0 Å². The second-order valence-corrected chi connectivity index (χ2v) is 8.08. The normalized spacial score (nSPS) is 26.4. The van der Waals surface area contributed by atoms with Gasteiger partial charge < -0.3 is 5.32 Å². The van der Waals surface area contributed by atoms with Gasteiger partial charge in [-0.1, -0.05) is 83.9 Å². The van der Waals surface area contributed by atoms with Crippen molar-refractivity contribution in [2.75, 3.05) is 0 Å². The van der Waals surface area contributed by atoms with Crippen molar-refractivity contribution in [3.63, 3.8) is 0 Å². The molecule has 116 valence electrons. The average Bonchev–Trinajstić information content (AvgIpc) is 2.43. The topological polar surface area (TPSA) is 12.0 Å². The SMILES string of the molecule is C[C@@H]1[C@H](C)CCC[C@H]1NC(=S)c1ccc(C(C)(C)C)cc1. The van der Waals surface area contributed by atoms with Crippen LogP contribution in [0.4, 0.5) is 0 Å². The van der Waals surface area contributed by atoms with Crippen LogP contribution >= 0.6 is 12.2 Å². The summed E-state index contributed by atoms with van der Waals surface area (Å²) in [5, 5.41) is 3.60. The molecule has 3 atom stereocenters. The minimum absolute atomic E-state index is 0.195. The molecule has 2 rings (SSSR count). The van der Waals surface area contributed by atoms with E-state index in [2.05, 4.69) is 64.2 Å². The Morgan fingerprint density at radius 1 is 1.10 bits per heavy atom.